The Hall–Kier alpha value is -3.63. The summed E-state index contributed by atoms with van der Waals surface area (Å²) in [6.45, 7) is 0.0280. The fraction of sp³-hybridized carbons (Fsp3) is 0.261. The van der Waals surface area contributed by atoms with Gasteiger partial charge in [0.25, 0.3) is 5.56 Å². The minimum Gasteiger partial charge on any atom is -0.469 e. The van der Waals surface area contributed by atoms with E-state index in [1.807, 2.05) is 0 Å². The minimum atomic E-state index is -0.507. The molecule has 0 bridgehead atoms. The number of carbonyl (C=O) groups is 1. The summed E-state index contributed by atoms with van der Waals surface area (Å²) in [7, 11) is 4.58. The van der Waals surface area contributed by atoms with Gasteiger partial charge in [0.05, 0.1) is 30.1 Å². The van der Waals surface area contributed by atoms with Gasteiger partial charge in [-0.05, 0) is 29.8 Å². The molecule has 0 fully saturated rings. The van der Waals surface area contributed by atoms with Crippen LogP contribution in [0.15, 0.2) is 46.1 Å². The maximum absolute atomic E-state index is 13.3. The summed E-state index contributed by atoms with van der Waals surface area (Å²) in [5, 5.41) is 3.89. The lowest BCUT2D eigenvalue weighted by molar-refractivity contribution is -0.140. The van der Waals surface area contributed by atoms with Gasteiger partial charge in [-0.2, -0.15) is 4.98 Å². The molecule has 0 unspecified atom stereocenters. The van der Waals surface area contributed by atoms with E-state index in [1.165, 1.54) is 11.7 Å². The van der Waals surface area contributed by atoms with E-state index in [0.717, 1.165) is 4.57 Å². The maximum Gasteiger partial charge on any atom is 0.332 e. The molecule has 3 aromatic heterocycles. The number of fused-ring (bicyclic) bond motifs is 1. The predicted octanol–water partition coefficient (Wildman–Crippen LogP) is 3.03. The molecule has 0 radical (unpaired) electrons. The van der Waals surface area contributed by atoms with Crippen molar-refractivity contribution in [2.24, 2.45) is 14.1 Å². The molecule has 10 nitrogen and oxygen atoms in total. The van der Waals surface area contributed by atoms with Crippen molar-refractivity contribution in [3.05, 3.63) is 78.7 Å². The molecule has 4 aromatic rings. The van der Waals surface area contributed by atoms with E-state index in [0.29, 0.717) is 39.4 Å². The van der Waals surface area contributed by atoms with E-state index < -0.39 is 11.2 Å². The van der Waals surface area contributed by atoms with Crippen molar-refractivity contribution in [1.29, 1.82) is 0 Å². The highest BCUT2D eigenvalue weighted by molar-refractivity contribution is 6.42. The monoisotopic (exact) mass is 516 g/mol. The number of benzene rings is 1. The Bertz CT molecular complexity index is 1560. The Morgan fingerprint density at radius 3 is 2.57 bits per heavy atom. The van der Waals surface area contributed by atoms with Crippen LogP contribution in [0, 0.1) is 0 Å². The molecule has 0 atom stereocenters. The van der Waals surface area contributed by atoms with Crippen molar-refractivity contribution >= 4 is 52.0 Å². The molecule has 12 heteroatoms. The lowest BCUT2D eigenvalue weighted by atomic mass is 10.2. The quantitative estimate of drug-likeness (QED) is 0.375. The summed E-state index contributed by atoms with van der Waals surface area (Å²) in [6, 6.07) is 8.47. The highest BCUT2D eigenvalue weighted by atomic mass is 35.5. The number of aryl methyl sites for hydroxylation is 3. The molecule has 0 spiro atoms. The highest BCUT2D eigenvalue weighted by Crippen LogP contribution is 2.23. The first-order valence-corrected chi connectivity index (χ1v) is 11.3. The third-order valence-electron chi connectivity index (χ3n) is 5.57. The molecule has 0 saturated heterocycles. The smallest absolute Gasteiger partial charge is 0.332 e. The van der Waals surface area contributed by atoms with E-state index in [9.17, 15) is 14.4 Å². The van der Waals surface area contributed by atoms with Gasteiger partial charge in [0.1, 0.15) is 0 Å². The number of aromatic nitrogens is 5. The maximum atomic E-state index is 13.3. The zero-order valence-electron chi connectivity index (χ0n) is 19.2. The van der Waals surface area contributed by atoms with E-state index in [4.69, 9.17) is 23.2 Å². The fourth-order valence-electron chi connectivity index (χ4n) is 3.67. The zero-order chi connectivity index (χ0) is 25.3. The molecule has 0 aliphatic heterocycles. The molecule has 182 valence electrons. The van der Waals surface area contributed by atoms with Crippen LogP contribution in [0.3, 0.4) is 0 Å². The second-order valence-electron chi connectivity index (χ2n) is 7.88. The van der Waals surface area contributed by atoms with Gasteiger partial charge < -0.3 is 14.6 Å². The number of imidazole rings is 1. The number of anilines is 2. The number of nitrogens with zero attached hydrogens (tertiary/aromatic N) is 5. The normalized spacial score (nSPS) is 11.1. The highest BCUT2D eigenvalue weighted by Gasteiger charge is 2.19. The molecule has 3 heterocycles. The van der Waals surface area contributed by atoms with Crippen molar-refractivity contribution in [3.8, 4) is 0 Å². The number of hydrogen-bond acceptors (Lipinski definition) is 7. The predicted molar refractivity (Wildman–Crippen MR) is 134 cm³/mol. The first-order chi connectivity index (χ1) is 16.7. The molecular formula is C23H22Cl2N6O4. The van der Waals surface area contributed by atoms with Gasteiger partial charge in [-0.25, -0.2) is 4.79 Å². The largest absolute Gasteiger partial charge is 0.469 e. The third-order valence-corrected chi connectivity index (χ3v) is 6.31. The average Bonchev–Trinajstić information content (AvgIpc) is 3.17. The Labute approximate surface area is 209 Å². The number of methoxy groups -OCH3 is 1. The van der Waals surface area contributed by atoms with Crippen molar-refractivity contribution in [2.45, 2.75) is 19.4 Å². The van der Waals surface area contributed by atoms with Crippen LogP contribution in [0.4, 0.5) is 11.6 Å². The van der Waals surface area contributed by atoms with Crippen LogP contribution in [0.25, 0.3) is 11.2 Å². The average molecular weight is 517 g/mol. The number of esters is 1. The van der Waals surface area contributed by atoms with Gasteiger partial charge in [-0.15, -0.1) is 0 Å². The van der Waals surface area contributed by atoms with Gasteiger partial charge in [0, 0.05) is 38.1 Å². The molecule has 0 amide bonds. The number of nitrogens with one attached hydrogen (secondary N) is 1. The van der Waals surface area contributed by atoms with Crippen LogP contribution in [0.1, 0.15) is 17.7 Å². The van der Waals surface area contributed by atoms with Gasteiger partial charge in [-0.3, -0.25) is 23.7 Å². The van der Waals surface area contributed by atoms with Crippen LogP contribution in [0.5, 0.6) is 0 Å². The third kappa shape index (κ3) is 4.94. The van der Waals surface area contributed by atoms with Crippen LogP contribution in [-0.2, 0) is 36.6 Å². The summed E-state index contributed by atoms with van der Waals surface area (Å²) in [6.07, 6.45) is 2.23. The zero-order valence-corrected chi connectivity index (χ0v) is 20.7. The molecule has 4 rings (SSSR count). The summed E-state index contributed by atoms with van der Waals surface area (Å²) < 4.78 is 8.72. The second kappa shape index (κ2) is 9.93. The number of hydrogen-bond donors (Lipinski definition) is 1. The van der Waals surface area contributed by atoms with Gasteiger partial charge in [0.15, 0.2) is 11.2 Å². The Balaban J connectivity index is 1.70. The first kappa shape index (κ1) is 24.5. The van der Waals surface area contributed by atoms with Gasteiger partial charge in [0.2, 0.25) is 5.95 Å². The van der Waals surface area contributed by atoms with Crippen LogP contribution >= 0.6 is 23.2 Å². The lowest BCUT2D eigenvalue weighted by Gasteiger charge is -2.10. The van der Waals surface area contributed by atoms with E-state index in [-0.39, 0.29) is 30.1 Å². The molecule has 1 N–H and O–H groups in total. The van der Waals surface area contributed by atoms with Crippen LogP contribution in [-0.4, -0.2) is 36.7 Å². The van der Waals surface area contributed by atoms with E-state index >= 15 is 0 Å². The van der Waals surface area contributed by atoms with Crippen molar-refractivity contribution in [3.63, 3.8) is 0 Å². The molecular weight excluding hydrogens is 495 g/mol. The lowest BCUT2D eigenvalue weighted by Crippen LogP contribution is -2.39. The number of rotatable bonds is 7. The van der Waals surface area contributed by atoms with Crippen molar-refractivity contribution in [1.82, 2.24) is 23.7 Å². The summed E-state index contributed by atoms with van der Waals surface area (Å²) >= 11 is 12.1. The Morgan fingerprint density at radius 1 is 1.09 bits per heavy atom. The summed E-state index contributed by atoms with van der Waals surface area (Å²) in [4.78, 5) is 46.5. The number of carbonyl (C=O) groups excluding carboxylic acids is 1. The first-order valence-electron chi connectivity index (χ1n) is 10.6. The number of pyridine rings is 1. The van der Waals surface area contributed by atoms with Crippen molar-refractivity contribution in [2.75, 3.05) is 12.4 Å². The van der Waals surface area contributed by atoms with Crippen LogP contribution in [0.2, 0.25) is 10.0 Å². The topological polar surface area (TPSA) is 113 Å². The van der Waals surface area contributed by atoms with Crippen LogP contribution < -0.4 is 16.6 Å². The van der Waals surface area contributed by atoms with E-state index in [2.05, 4.69) is 20.0 Å². The Kier molecular flexibility index (Phi) is 6.95. The summed E-state index contributed by atoms with van der Waals surface area (Å²) in [5.74, 6) is 0.0445. The number of ether oxygens (including phenoxy) is 1. The number of halogens is 2. The van der Waals surface area contributed by atoms with Gasteiger partial charge >= 0.3 is 11.7 Å². The standard InChI is InChI=1S/C23H22Cl2N6O4/c1-29-19-20(28-22(29)27-15-8-9-26-14(11-15)5-7-18(32)35-3)30(2)23(34)31(21(19)33)12-13-4-6-16(24)17(25)10-13/h4,6,8-11H,5,7,12H2,1-3H3,(H,26,27,28). The SMILES string of the molecule is COC(=O)CCc1cc(Nc2nc3c(c(=O)n(Cc4ccc(Cl)c(Cl)c4)c(=O)n3C)n2C)ccn1. The van der Waals surface area contributed by atoms with Crippen molar-refractivity contribution < 1.29 is 9.53 Å². The van der Waals surface area contributed by atoms with E-state index in [1.54, 1.807) is 55.2 Å². The molecule has 1 aromatic carbocycles. The second-order valence-corrected chi connectivity index (χ2v) is 8.70. The molecule has 0 saturated carbocycles. The fourth-order valence-corrected chi connectivity index (χ4v) is 3.99. The molecule has 35 heavy (non-hydrogen) atoms. The van der Waals surface area contributed by atoms with Gasteiger partial charge in [-0.1, -0.05) is 29.3 Å². The minimum absolute atomic E-state index is 0.0280. The molecule has 0 aliphatic carbocycles. The summed E-state index contributed by atoms with van der Waals surface area (Å²) in [5.41, 5.74) is 1.53. The molecule has 0 aliphatic rings. The Morgan fingerprint density at radius 2 is 1.86 bits per heavy atom.